The molecule has 2 aromatic rings. The highest BCUT2D eigenvalue weighted by Crippen LogP contribution is 2.43. The van der Waals surface area contributed by atoms with Crippen molar-refractivity contribution in [2.24, 2.45) is 0 Å². The van der Waals surface area contributed by atoms with Crippen LogP contribution in [0.3, 0.4) is 0 Å². The standard InChI is InChI=1S/C19H24BrF2N3O3S/c1-5-12-29(27)24(4)18(3,19(21,22)17(26)28-6-2)16-10-11-25(23-16)15-9-7-8-14(20)13-15/h7-11,13H,5-6,12H2,1-4H3/t18-,29-/m1/s1. The van der Waals surface area contributed by atoms with Crippen molar-refractivity contribution in [2.75, 3.05) is 19.4 Å². The number of carbonyl (C=O) groups excluding carboxylic acids is 1. The lowest BCUT2D eigenvalue weighted by Crippen LogP contribution is -2.59. The number of ether oxygens (including phenoxy) is 1. The zero-order valence-corrected chi connectivity index (χ0v) is 19.1. The number of carbonyl (C=O) groups is 1. The van der Waals surface area contributed by atoms with E-state index in [2.05, 4.69) is 25.8 Å². The molecule has 0 saturated carbocycles. The molecule has 6 nitrogen and oxygen atoms in total. The summed E-state index contributed by atoms with van der Waals surface area (Å²) in [4.78, 5) is 12.2. The molecule has 0 aliphatic heterocycles. The van der Waals surface area contributed by atoms with Gasteiger partial charge < -0.3 is 4.74 Å². The number of benzene rings is 1. The molecule has 160 valence electrons. The van der Waals surface area contributed by atoms with E-state index in [4.69, 9.17) is 0 Å². The third-order valence-electron chi connectivity index (χ3n) is 4.62. The molecule has 2 atom stereocenters. The highest BCUT2D eigenvalue weighted by atomic mass is 79.9. The molecular formula is C19H24BrF2N3O3S. The molecule has 0 bridgehead atoms. The maximum absolute atomic E-state index is 15.4. The average molecular weight is 492 g/mol. The second-order valence-corrected chi connectivity index (χ2v) is 9.03. The average Bonchev–Trinajstić information content (AvgIpc) is 3.17. The lowest BCUT2D eigenvalue weighted by Gasteiger charge is -2.40. The first-order chi connectivity index (χ1) is 13.6. The largest absolute Gasteiger partial charge is 0.461 e. The first kappa shape index (κ1) is 23.6. The maximum Gasteiger partial charge on any atom is 0.379 e. The molecule has 0 unspecified atom stereocenters. The topological polar surface area (TPSA) is 64.4 Å². The van der Waals surface area contributed by atoms with Crippen LogP contribution in [-0.2, 0) is 26.1 Å². The summed E-state index contributed by atoms with van der Waals surface area (Å²) in [6, 6.07) is 8.55. The predicted molar refractivity (Wildman–Crippen MR) is 111 cm³/mol. The van der Waals surface area contributed by atoms with Crippen molar-refractivity contribution in [1.82, 2.24) is 14.1 Å². The van der Waals surface area contributed by atoms with Gasteiger partial charge in [0.1, 0.15) is 5.54 Å². The van der Waals surface area contributed by atoms with Gasteiger partial charge in [-0.2, -0.15) is 13.9 Å². The van der Waals surface area contributed by atoms with Gasteiger partial charge in [0.2, 0.25) is 0 Å². The van der Waals surface area contributed by atoms with E-state index in [1.165, 1.54) is 30.9 Å². The fourth-order valence-corrected chi connectivity index (χ4v) is 4.43. The summed E-state index contributed by atoms with van der Waals surface area (Å²) >= 11 is 3.36. The van der Waals surface area contributed by atoms with Crippen molar-refractivity contribution in [1.29, 1.82) is 0 Å². The van der Waals surface area contributed by atoms with Gasteiger partial charge in [-0.3, -0.25) is 0 Å². The number of esters is 1. The fraction of sp³-hybridized carbons (Fsp3) is 0.474. The van der Waals surface area contributed by atoms with Crippen LogP contribution in [0.4, 0.5) is 8.78 Å². The number of aromatic nitrogens is 2. The molecule has 1 aromatic heterocycles. The van der Waals surface area contributed by atoms with E-state index in [0.717, 1.165) is 15.7 Å². The number of rotatable bonds is 9. The molecule has 29 heavy (non-hydrogen) atoms. The molecule has 0 aliphatic rings. The first-order valence-electron chi connectivity index (χ1n) is 9.09. The van der Waals surface area contributed by atoms with Crippen LogP contribution in [0.2, 0.25) is 0 Å². The van der Waals surface area contributed by atoms with Crippen LogP contribution in [0.15, 0.2) is 41.0 Å². The predicted octanol–water partition coefficient (Wildman–Crippen LogP) is 4.05. The summed E-state index contributed by atoms with van der Waals surface area (Å²) in [6.45, 7) is 4.21. The van der Waals surface area contributed by atoms with Crippen LogP contribution in [0, 0.1) is 0 Å². The number of nitrogens with zero attached hydrogens (tertiary/aromatic N) is 3. The summed E-state index contributed by atoms with van der Waals surface area (Å²) in [5, 5.41) is 4.30. The number of halogens is 3. The van der Waals surface area contributed by atoms with Crippen molar-refractivity contribution < 1.29 is 22.5 Å². The van der Waals surface area contributed by atoms with Crippen molar-refractivity contribution in [3.63, 3.8) is 0 Å². The molecule has 0 saturated heterocycles. The Labute approximate surface area is 179 Å². The molecular weight excluding hydrogens is 468 g/mol. The van der Waals surface area contributed by atoms with Crippen molar-refractivity contribution in [3.8, 4) is 5.69 Å². The Kier molecular flexibility index (Phi) is 7.69. The van der Waals surface area contributed by atoms with Crippen LogP contribution in [0.25, 0.3) is 5.69 Å². The lowest BCUT2D eigenvalue weighted by atomic mass is 9.89. The van der Waals surface area contributed by atoms with E-state index in [9.17, 15) is 9.00 Å². The summed E-state index contributed by atoms with van der Waals surface area (Å²) in [5.41, 5.74) is -1.73. The van der Waals surface area contributed by atoms with E-state index in [-0.39, 0.29) is 18.1 Å². The van der Waals surface area contributed by atoms with Gasteiger partial charge in [0.15, 0.2) is 0 Å². The van der Waals surface area contributed by atoms with Gasteiger partial charge in [-0.15, -0.1) is 0 Å². The second-order valence-electron chi connectivity index (χ2n) is 6.52. The number of hydrogen-bond acceptors (Lipinski definition) is 4. The highest BCUT2D eigenvalue weighted by Gasteiger charge is 2.63. The van der Waals surface area contributed by atoms with Crippen LogP contribution < -0.4 is 0 Å². The fourth-order valence-electron chi connectivity index (χ4n) is 2.80. The lowest BCUT2D eigenvalue weighted by molar-refractivity contribution is -0.191. The van der Waals surface area contributed by atoms with Crippen molar-refractivity contribution in [3.05, 3.63) is 46.7 Å². The van der Waals surface area contributed by atoms with E-state index in [0.29, 0.717) is 12.1 Å². The van der Waals surface area contributed by atoms with Crippen LogP contribution in [0.1, 0.15) is 32.9 Å². The smallest absolute Gasteiger partial charge is 0.379 e. The van der Waals surface area contributed by atoms with E-state index in [1.54, 1.807) is 25.1 Å². The van der Waals surface area contributed by atoms with Crippen molar-refractivity contribution in [2.45, 2.75) is 38.7 Å². The third kappa shape index (κ3) is 4.59. The van der Waals surface area contributed by atoms with Crippen molar-refractivity contribution >= 4 is 32.9 Å². The molecule has 0 fully saturated rings. The Hall–Kier alpha value is -1.65. The van der Waals surface area contributed by atoms with Crippen LogP contribution in [0.5, 0.6) is 0 Å². The molecule has 0 radical (unpaired) electrons. The zero-order valence-electron chi connectivity index (χ0n) is 16.7. The Morgan fingerprint density at radius 1 is 1.34 bits per heavy atom. The van der Waals surface area contributed by atoms with Gasteiger partial charge >= 0.3 is 11.9 Å². The minimum absolute atomic E-state index is 0.0949. The molecule has 0 amide bonds. The number of alkyl halides is 2. The van der Waals surface area contributed by atoms with Crippen LogP contribution >= 0.6 is 15.9 Å². The van der Waals surface area contributed by atoms with E-state index < -0.39 is 28.4 Å². The second kappa shape index (κ2) is 9.44. The quantitative estimate of drug-likeness (QED) is 0.496. The van der Waals surface area contributed by atoms with Crippen LogP contribution in [-0.4, -0.2) is 49.6 Å². The summed E-state index contributed by atoms with van der Waals surface area (Å²) in [6.07, 6.45) is 2.05. The van der Waals surface area contributed by atoms with Gasteiger partial charge in [0, 0.05) is 23.5 Å². The van der Waals surface area contributed by atoms with Gasteiger partial charge in [0.05, 0.1) is 29.0 Å². The van der Waals surface area contributed by atoms with Gasteiger partial charge in [-0.1, -0.05) is 28.9 Å². The Bertz CT molecular complexity index is 893. The monoisotopic (exact) mass is 491 g/mol. The molecule has 0 aliphatic carbocycles. The normalized spacial score (nSPS) is 15.2. The Morgan fingerprint density at radius 3 is 2.62 bits per heavy atom. The summed E-state index contributed by atoms with van der Waals surface area (Å²) in [5.74, 6) is -5.49. The van der Waals surface area contributed by atoms with Gasteiger partial charge in [-0.25, -0.2) is 18.0 Å². The first-order valence-corrected chi connectivity index (χ1v) is 11.2. The van der Waals surface area contributed by atoms with Gasteiger partial charge in [0.25, 0.3) is 0 Å². The maximum atomic E-state index is 15.4. The van der Waals surface area contributed by atoms with Gasteiger partial charge in [-0.05, 0) is 44.5 Å². The Balaban J connectivity index is 2.59. The molecule has 2 rings (SSSR count). The molecule has 1 heterocycles. The molecule has 0 N–H and O–H groups in total. The minimum Gasteiger partial charge on any atom is -0.461 e. The highest BCUT2D eigenvalue weighted by molar-refractivity contribution is 9.10. The molecule has 0 spiro atoms. The third-order valence-corrected chi connectivity index (χ3v) is 6.84. The number of hydrogen-bond donors (Lipinski definition) is 0. The SMILES string of the molecule is CCC[S@@](=O)N(C)[C@](C)(c1ccn(-c2cccc(Br)c2)n1)C(F)(F)C(=O)OCC. The van der Waals surface area contributed by atoms with E-state index in [1.807, 2.05) is 6.07 Å². The zero-order chi connectivity index (χ0) is 21.8. The van der Waals surface area contributed by atoms with E-state index >= 15 is 8.78 Å². The molecule has 1 aromatic carbocycles. The summed E-state index contributed by atoms with van der Waals surface area (Å²) < 4.78 is 51.2. The summed E-state index contributed by atoms with van der Waals surface area (Å²) in [7, 11) is -0.449. The Morgan fingerprint density at radius 2 is 2.03 bits per heavy atom. The molecule has 10 heteroatoms. The minimum atomic E-state index is -3.99.